The number of hydrogen-bond acceptors (Lipinski definition) is 4. The van der Waals surface area contributed by atoms with Crippen molar-refractivity contribution >= 4 is 11.8 Å². The van der Waals surface area contributed by atoms with Gasteiger partial charge in [-0.15, -0.1) is 0 Å². The number of aliphatic hydroxyl groups excluding tert-OH is 1. The molecular formula is C22H38O5. The number of carbonyl (C=O) groups is 2. The predicted octanol–water partition coefficient (Wildman–Crippen LogP) is 4.26. The molecule has 1 aliphatic carbocycles. The number of aliphatic carboxylic acids is 1. The summed E-state index contributed by atoms with van der Waals surface area (Å²) in [4.78, 5) is 22.8. The molecule has 4 unspecified atom stereocenters. The second-order valence-corrected chi connectivity index (χ2v) is 8.30. The zero-order valence-electron chi connectivity index (χ0n) is 17.0. The first kappa shape index (κ1) is 23.8. The van der Waals surface area contributed by atoms with E-state index in [4.69, 9.17) is 5.11 Å². The second-order valence-electron chi connectivity index (χ2n) is 8.30. The highest BCUT2D eigenvalue weighted by molar-refractivity contribution is 5.84. The predicted molar refractivity (Wildman–Crippen MR) is 106 cm³/mol. The lowest BCUT2D eigenvalue weighted by atomic mass is 9.87. The molecule has 0 aromatic heterocycles. The largest absolute Gasteiger partial charge is 0.481 e. The minimum atomic E-state index is -0.902. The van der Waals surface area contributed by atoms with Gasteiger partial charge in [0.2, 0.25) is 0 Å². The van der Waals surface area contributed by atoms with Gasteiger partial charge >= 0.3 is 5.97 Å². The van der Waals surface area contributed by atoms with Crippen LogP contribution < -0.4 is 0 Å². The van der Waals surface area contributed by atoms with Crippen LogP contribution in [0.2, 0.25) is 0 Å². The van der Waals surface area contributed by atoms with E-state index in [1.165, 1.54) is 6.42 Å². The van der Waals surface area contributed by atoms with Gasteiger partial charge in [-0.3, -0.25) is 9.59 Å². The average Bonchev–Trinajstić information content (AvgIpc) is 2.86. The molecule has 3 N–H and O–H groups in total. The third-order valence-electron chi connectivity index (χ3n) is 5.60. The van der Waals surface area contributed by atoms with Crippen molar-refractivity contribution in [1.29, 1.82) is 0 Å². The van der Waals surface area contributed by atoms with E-state index < -0.39 is 17.7 Å². The maximum atomic E-state index is 12.2. The molecule has 0 aromatic rings. The quantitative estimate of drug-likeness (QED) is 0.308. The molecule has 1 saturated carbocycles. The smallest absolute Gasteiger partial charge is 0.303 e. The lowest BCUT2D eigenvalue weighted by Crippen LogP contribution is -2.23. The van der Waals surface area contributed by atoms with Crippen molar-refractivity contribution in [2.24, 2.45) is 11.8 Å². The minimum absolute atomic E-state index is 0.102. The molecule has 0 amide bonds. The maximum Gasteiger partial charge on any atom is 0.303 e. The molecule has 0 bridgehead atoms. The van der Waals surface area contributed by atoms with Crippen molar-refractivity contribution in [3.63, 3.8) is 0 Å². The molecule has 4 atom stereocenters. The number of carboxylic acids is 1. The number of carboxylic acid groups (broad SMARTS) is 1. The van der Waals surface area contributed by atoms with Gasteiger partial charge in [0.1, 0.15) is 5.78 Å². The van der Waals surface area contributed by atoms with Crippen LogP contribution in [0.4, 0.5) is 0 Å². The Labute approximate surface area is 163 Å². The molecule has 5 heteroatoms. The molecular weight excluding hydrogens is 344 g/mol. The van der Waals surface area contributed by atoms with Crippen LogP contribution in [0.5, 0.6) is 0 Å². The van der Waals surface area contributed by atoms with Crippen molar-refractivity contribution in [2.75, 3.05) is 0 Å². The van der Waals surface area contributed by atoms with E-state index in [0.717, 1.165) is 44.9 Å². The van der Waals surface area contributed by atoms with E-state index in [-0.39, 0.29) is 30.5 Å². The van der Waals surface area contributed by atoms with Crippen LogP contribution in [0.15, 0.2) is 12.2 Å². The van der Waals surface area contributed by atoms with Crippen LogP contribution in [0.3, 0.4) is 0 Å². The molecule has 0 heterocycles. The number of carbonyl (C=O) groups excluding carboxylic acids is 1. The number of aliphatic hydroxyl groups is 2. The Kier molecular flexibility index (Phi) is 10.9. The van der Waals surface area contributed by atoms with Crippen molar-refractivity contribution in [2.45, 2.75) is 103 Å². The Bertz CT molecular complexity index is 483. The van der Waals surface area contributed by atoms with Crippen molar-refractivity contribution < 1.29 is 24.9 Å². The van der Waals surface area contributed by atoms with Crippen molar-refractivity contribution in [1.82, 2.24) is 0 Å². The SMILES string of the molecule is CCCCCCC(C)(O)/C=C/C1C(O)CC(=O)C1CCCCCCC(=O)O. The van der Waals surface area contributed by atoms with Gasteiger partial charge in [0.25, 0.3) is 0 Å². The number of ketones is 1. The monoisotopic (exact) mass is 382 g/mol. The summed E-state index contributed by atoms with van der Waals surface area (Å²) in [7, 11) is 0. The first-order valence-electron chi connectivity index (χ1n) is 10.6. The minimum Gasteiger partial charge on any atom is -0.481 e. The van der Waals surface area contributed by atoms with Crippen LogP contribution in [0, 0.1) is 11.8 Å². The van der Waals surface area contributed by atoms with Crippen molar-refractivity contribution in [3.8, 4) is 0 Å². The molecule has 5 nitrogen and oxygen atoms in total. The normalized spacial score (nSPS) is 25.2. The second kappa shape index (κ2) is 12.3. The number of rotatable bonds is 14. The number of hydrogen-bond donors (Lipinski definition) is 3. The fourth-order valence-electron chi connectivity index (χ4n) is 3.90. The molecule has 0 spiro atoms. The van der Waals surface area contributed by atoms with Crippen LogP contribution in [0.1, 0.15) is 90.9 Å². The van der Waals surface area contributed by atoms with E-state index >= 15 is 0 Å². The van der Waals surface area contributed by atoms with Crippen LogP contribution in [0.25, 0.3) is 0 Å². The Balaban J connectivity index is 2.47. The topological polar surface area (TPSA) is 94.8 Å². The van der Waals surface area contributed by atoms with Gasteiger partial charge in [0.15, 0.2) is 0 Å². The number of Topliss-reactive ketones (excluding diaryl/α,β-unsaturated/α-hetero) is 1. The third-order valence-corrected chi connectivity index (χ3v) is 5.60. The summed E-state index contributed by atoms with van der Waals surface area (Å²) in [5, 5.41) is 29.4. The van der Waals surface area contributed by atoms with Crippen molar-refractivity contribution in [3.05, 3.63) is 12.2 Å². The molecule has 1 fully saturated rings. The van der Waals surface area contributed by atoms with E-state index in [2.05, 4.69) is 6.92 Å². The molecule has 0 aromatic carbocycles. The molecule has 1 rings (SSSR count). The van der Waals surface area contributed by atoms with E-state index in [1.807, 2.05) is 6.08 Å². The summed E-state index contributed by atoms with van der Waals surface area (Å²) in [6, 6.07) is 0. The summed E-state index contributed by atoms with van der Waals surface area (Å²) in [6.45, 7) is 3.94. The fraction of sp³-hybridized carbons (Fsp3) is 0.818. The zero-order chi connectivity index (χ0) is 20.3. The molecule has 0 radical (unpaired) electrons. The Hall–Kier alpha value is -1.20. The van der Waals surface area contributed by atoms with Crippen LogP contribution >= 0.6 is 0 Å². The fourth-order valence-corrected chi connectivity index (χ4v) is 3.90. The van der Waals surface area contributed by atoms with E-state index in [1.54, 1.807) is 13.0 Å². The average molecular weight is 383 g/mol. The highest BCUT2D eigenvalue weighted by atomic mass is 16.4. The molecule has 1 aliphatic rings. The highest BCUT2D eigenvalue weighted by Gasteiger charge is 2.39. The molecule has 156 valence electrons. The maximum absolute atomic E-state index is 12.2. The van der Waals surface area contributed by atoms with Gasteiger partial charge in [-0.2, -0.15) is 0 Å². The van der Waals surface area contributed by atoms with Crippen LogP contribution in [-0.2, 0) is 9.59 Å². The molecule has 0 aliphatic heterocycles. The zero-order valence-corrected chi connectivity index (χ0v) is 17.0. The molecule has 27 heavy (non-hydrogen) atoms. The van der Waals surface area contributed by atoms with Gasteiger partial charge in [0.05, 0.1) is 11.7 Å². The third kappa shape index (κ3) is 9.52. The summed E-state index contributed by atoms with van der Waals surface area (Å²) < 4.78 is 0. The Morgan fingerprint density at radius 2 is 1.81 bits per heavy atom. The first-order valence-corrected chi connectivity index (χ1v) is 10.6. The lowest BCUT2D eigenvalue weighted by molar-refractivity contribution is -0.137. The number of unbranched alkanes of at least 4 members (excludes halogenated alkanes) is 6. The van der Waals surface area contributed by atoms with E-state index in [0.29, 0.717) is 12.8 Å². The molecule has 0 saturated heterocycles. The highest BCUT2D eigenvalue weighted by Crippen LogP contribution is 2.35. The lowest BCUT2D eigenvalue weighted by Gasteiger charge is -2.22. The Morgan fingerprint density at radius 3 is 2.48 bits per heavy atom. The van der Waals surface area contributed by atoms with Crippen LogP contribution in [-0.4, -0.2) is 38.8 Å². The standard InChI is InChI=1S/C22H38O5/c1-3-4-5-10-14-22(2,27)15-13-18-17(19(23)16-20(18)24)11-8-6-7-9-12-21(25)26/h13,15,17-18,20,24,27H,3-12,14,16H2,1-2H3,(H,25,26)/b15-13+. The van der Waals surface area contributed by atoms with Gasteiger partial charge in [-0.05, 0) is 26.2 Å². The first-order chi connectivity index (χ1) is 12.8. The Morgan fingerprint density at radius 1 is 1.15 bits per heavy atom. The van der Waals surface area contributed by atoms with E-state index in [9.17, 15) is 19.8 Å². The van der Waals surface area contributed by atoms with Gasteiger partial charge in [-0.25, -0.2) is 0 Å². The summed E-state index contributed by atoms with van der Waals surface area (Å²) in [5.74, 6) is -1.08. The van der Waals surface area contributed by atoms with Gasteiger partial charge < -0.3 is 15.3 Å². The van der Waals surface area contributed by atoms with Gasteiger partial charge in [-0.1, -0.05) is 64.0 Å². The summed E-state index contributed by atoms with van der Waals surface area (Å²) >= 11 is 0. The van der Waals surface area contributed by atoms with Gasteiger partial charge in [0, 0.05) is 24.7 Å². The summed E-state index contributed by atoms with van der Waals surface area (Å²) in [5.41, 5.74) is -0.902. The summed E-state index contributed by atoms with van der Waals surface area (Å²) in [6.07, 6.45) is 12.4.